The smallest absolute Gasteiger partial charge is 0.338 e. The maximum absolute atomic E-state index is 11.9. The van der Waals surface area contributed by atoms with Crippen molar-refractivity contribution in [2.24, 2.45) is 0 Å². The Morgan fingerprint density at radius 1 is 0.792 bits per heavy atom. The first-order chi connectivity index (χ1) is 22.8. The van der Waals surface area contributed by atoms with Crippen LogP contribution in [0.2, 0.25) is 0 Å². The number of hydrogen-bond donors (Lipinski definition) is 2. The second-order valence-electron chi connectivity index (χ2n) is 10.3. The molecule has 48 heavy (non-hydrogen) atoms. The van der Waals surface area contributed by atoms with E-state index in [1.165, 1.54) is 16.5 Å². The molecular weight excluding hydrogens is 652 g/mol. The molecule has 3 heterocycles. The molecular formula is C31H37ClN6O10. The van der Waals surface area contributed by atoms with Gasteiger partial charge in [0.1, 0.15) is 35.8 Å². The van der Waals surface area contributed by atoms with Gasteiger partial charge in [0.15, 0.2) is 6.29 Å². The standard InChI is InChI=1S/C31H36N6O10.ClH/c1-4-43-29(40)19-6-10-23(11-7-19)36-14-21(32-34-36)17-45-27-26(39)25(16-38)47-31(42-3)28(27)46-18-22-15-37(35-33-22)24-12-8-20(9-13-24)30(41)44-5-2;/h6-15,25-28,31,38-39H,4-5,16-18H2,1-3H3;1H/t25-,26-,27+,28-,31+;/m1./s1. The van der Waals surface area contributed by atoms with E-state index < -0.39 is 49.3 Å². The molecule has 4 aromatic rings. The predicted molar refractivity (Wildman–Crippen MR) is 168 cm³/mol. The zero-order valence-electron chi connectivity index (χ0n) is 26.4. The predicted octanol–water partition coefficient (Wildman–Crippen LogP) is 1.82. The molecule has 0 unspecified atom stereocenters. The van der Waals surface area contributed by atoms with Crippen LogP contribution in [0, 0.1) is 0 Å². The summed E-state index contributed by atoms with van der Waals surface area (Å²) in [7, 11) is 1.42. The van der Waals surface area contributed by atoms with Gasteiger partial charge in [-0.1, -0.05) is 10.4 Å². The monoisotopic (exact) mass is 688 g/mol. The fourth-order valence-electron chi connectivity index (χ4n) is 4.87. The summed E-state index contributed by atoms with van der Waals surface area (Å²) in [5.74, 6) is -0.830. The van der Waals surface area contributed by atoms with Gasteiger partial charge in [-0.25, -0.2) is 19.0 Å². The number of aliphatic hydroxyl groups excluding tert-OH is 2. The van der Waals surface area contributed by atoms with E-state index in [4.69, 9.17) is 28.4 Å². The lowest BCUT2D eigenvalue weighted by Crippen LogP contribution is -2.60. The lowest BCUT2D eigenvalue weighted by Gasteiger charge is -2.43. The molecule has 2 N–H and O–H groups in total. The minimum atomic E-state index is -1.27. The van der Waals surface area contributed by atoms with Crippen LogP contribution in [0.1, 0.15) is 46.0 Å². The lowest BCUT2D eigenvalue weighted by atomic mass is 9.98. The zero-order chi connectivity index (χ0) is 33.3. The molecule has 258 valence electrons. The van der Waals surface area contributed by atoms with Crippen LogP contribution in [0.4, 0.5) is 0 Å². The highest BCUT2D eigenvalue weighted by Gasteiger charge is 2.47. The number of aliphatic hydroxyl groups is 2. The van der Waals surface area contributed by atoms with Crippen LogP contribution in [0.5, 0.6) is 0 Å². The van der Waals surface area contributed by atoms with Gasteiger partial charge in [0.25, 0.3) is 0 Å². The average Bonchev–Trinajstić information content (AvgIpc) is 3.78. The fraction of sp³-hybridized carbons (Fsp3) is 0.419. The summed E-state index contributed by atoms with van der Waals surface area (Å²) < 4.78 is 36.5. The number of methoxy groups -OCH3 is 1. The van der Waals surface area contributed by atoms with Crippen molar-refractivity contribution >= 4 is 24.3 Å². The third-order valence-electron chi connectivity index (χ3n) is 7.25. The van der Waals surface area contributed by atoms with Gasteiger partial charge in [0, 0.05) is 7.11 Å². The highest BCUT2D eigenvalue weighted by Crippen LogP contribution is 2.28. The first kappa shape index (κ1) is 36.5. The van der Waals surface area contributed by atoms with Gasteiger partial charge in [0.05, 0.1) is 67.9 Å². The number of aromatic nitrogens is 6. The molecule has 1 saturated heterocycles. The third-order valence-corrected chi connectivity index (χ3v) is 7.25. The van der Waals surface area contributed by atoms with E-state index in [1.807, 2.05) is 0 Å². The number of esters is 2. The number of carbonyl (C=O) groups is 2. The molecule has 1 aliphatic heterocycles. The molecule has 16 nitrogen and oxygen atoms in total. The Morgan fingerprint density at radius 3 is 1.67 bits per heavy atom. The van der Waals surface area contributed by atoms with Crippen LogP contribution >= 0.6 is 12.4 Å². The molecule has 0 aliphatic carbocycles. The minimum Gasteiger partial charge on any atom is -0.462 e. The summed E-state index contributed by atoms with van der Waals surface area (Å²) in [6.07, 6.45) is -1.87. The number of halogens is 1. The fourth-order valence-corrected chi connectivity index (χ4v) is 4.87. The van der Waals surface area contributed by atoms with E-state index in [0.29, 0.717) is 33.9 Å². The first-order valence-electron chi connectivity index (χ1n) is 14.9. The van der Waals surface area contributed by atoms with E-state index in [-0.39, 0.29) is 38.8 Å². The van der Waals surface area contributed by atoms with Gasteiger partial charge in [-0.15, -0.1) is 22.6 Å². The first-order valence-corrected chi connectivity index (χ1v) is 14.9. The van der Waals surface area contributed by atoms with Crippen molar-refractivity contribution in [2.75, 3.05) is 26.9 Å². The molecule has 0 amide bonds. The molecule has 17 heteroatoms. The largest absolute Gasteiger partial charge is 0.462 e. The van der Waals surface area contributed by atoms with E-state index in [0.717, 1.165) is 0 Å². The molecule has 0 bridgehead atoms. The number of ether oxygens (including phenoxy) is 6. The molecule has 5 atom stereocenters. The van der Waals surface area contributed by atoms with Crippen LogP contribution in [0.15, 0.2) is 60.9 Å². The van der Waals surface area contributed by atoms with Crippen molar-refractivity contribution in [1.29, 1.82) is 0 Å². The van der Waals surface area contributed by atoms with E-state index in [9.17, 15) is 19.8 Å². The van der Waals surface area contributed by atoms with Crippen molar-refractivity contribution in [3.8, 4) is 11.4 Å². The van der Waals surface area contributed by atoms with E-state index in [2.05, 4.69) is 20.6 Å². The van der Waals surface area contributed by atoms with Gasteiger partial charge in [-0.2, -0.15) is 0 Å². The van der Waals surface area contributed by atoms with Gasteiger partial charge < -0.3 is 38.6 Å². The Kier molecular flexibility index (Phi) is 13.1. The summed E-state index contributed by atoms with van der Waals surface area (Å²) in [5, 5.41) is 37.5. The van der Waals surface area contributed by atoms with Gasteiger partial charge in [-0.3, -0.25) is 0 Å². The number of benzene rings is 2. The van der Waals surface area contributed by atoms with Crippen LogP contribution in [-0.2, 0) is 41.6 Å². The molecule has 2 aromatic heterocycles. The maximum atomic E-state index is 11.9. The second-order valence-corrected chi connectivity index (χ2v) is 10.3. The van der Waals surface area contributed by atoms with Crippen molar-refractivity contribution in [3.63, 3.8) is 0 Å². The molecule has 0 saturated carbocycles. The minimum absolute atomic E-state index is 0. The summed E-state index contributed by atoms with van der Waals surface area (Å²) in [6, 6.07) is 13.4. The number of hydrogen-bond acceptors (Lipinski definition) is 14. The lowest BCUT2D eigenvalue weighted by molar-refractivity contribution is -0.314. The summed E-state index contributed by atoms with van der Waals surface area (Å²) in [4.78, 5) is 23.9. The number of nitrogens with zero attached hydrogens (tertiary/aromatic N) is 6. The molecule has 1 aliphatic rings. The topological polar surface area (TPSA) is 191 Å². The summed E-state index contributed by atoms with van der Waals surface area (Å²) in [6.45, 7) is 3.47. The van der Waals surface area contributed by atoms with Crippen molar-refractivity contribution in [2.45, 2.75) is 57.8 Å². The molecule has 1 fully saturated rings. The van der Waals surface area contributed by atoms with Crippen molar-refractivity contribution < 1.29 is 48.2 Å². The normalized spacial score (nSPS) is 20.6. The van der Waals surface area contributed by atoms with Crippen LogP contribution in [0.25, 0.3) is 11.4 Å². The molecule has 5 rings (SSSR count). The van der Waals surface area contributed by atoms with Gasteiger partial charge in [-0.05, 0) is 62.4 Å². The molecule has 0 spiro atoms. The molecule has 0 radical (unpaired) electrons. The molecule has 2 aromatic carbocycles. The number of carbonyl (C=O) groups excluding carboxylic acids is 2. The second kappa shape index (κ2) is 17.2. The van der Waals surface area contributed by atoms with Crippen LogP contribution < -0.4 is 0 Å². The summed E-state index contributed by atoms with van der Waals surface area (Å²) >= 11 is 0. The SMILES string of the molecule is CCOC(=O)c1ccc(-n2cc(CO[C@H]3[C@@H](OC)O[C@H](CO)[C@@H](O)[C@@H]3OCc3cn(-c4ccc(C(=O)OCC)cc4)nn3)nn2)cc1.Cl. The van der Waals surface area contributed by atoms with E-state index >= 15 is 0 Å². The van der Waals surface area contributed by atoms with Crippen LogP contribution in [0.3, 0.4) is 0 Å². The van der Waals surface area contributed by atoms with Crippen molar-refractivity contribution in [3.05, 3.63) is 83.4 Å². The Bertz CT molecular complexity index is 1620. The zero-order valence-corrected chi connectivity index (χ0v) is 27.3. The Morgan fingerprint density at radius 2 is 1.25 bits per heavy atom. The highest BCUT2D eigenvalue weighted by atomic mass is 35.5. The number of rotatable bonds is 14. The highest BCUT2D eigenvalue weighted by molar-refractivity contribution is 5.90. The Balaban J connectivity index is 0.00000520. The summed E-state index contributed by atoms with van der Waals surface area (Å²) in [5.41, 5.74) is 3.06. The van der Waals surface area contributed by atoms with Gasteiger partial charge >= 0.3 is 11.9 Å². The van der Waals surface area contributed by atoms with Crippen LogP contribution in [-0.4, -0.2) is 110 Å². The van der Waals surface area contributed by atoms with Crippen molar-refractivity contribution in [1.82, 2.24) is 30.0 Å². The maximum Gasteiger partial charge on any atom is 0.338 e. The Hall–Kier alpha value is -4.29. The average molecular weight is 689 g/mol. The Labute approximate surface area is 281 Å². The quantitative estimate of drug-likeness (QED) is 0.182. The third kappa shape index (κ3) is 8.59. The van der Waals surface area contributed by atoms with Gasteiger partial charge in [0.2, 0.25) is 0 Å². The van der Waals surface area contributed by atoms with E-state index in [1.54, 1.807) is 74.8 Å².